The molecular formula is C16H11Cl2N3O2. The molecule has 0 unspecified atom stereocenters. The third-order valence-electron chi connectivity index (χ3n) is 3.26. The topological polar surface area (TPSA) is 77.5 Å². The monoisotopic (exact) mass is 347 g/mol. The zero-order valence-corrected chi connectivity index (χ0v) is 13.2. The van der Waals surface area contributed by atoms with Crippen molar-refractivity contribution in [2.45, 2.75) is 0 Å². The highest BCUT2D eigenvalue weighted by Gasteiger charge is 2.11. The van der Waals surface area contributed by atoms with Crippen molar-refractivity contribution in [3.8, 4) is 5.75 Å². The summed E-state index contributed by atoms with van der Waals surface area (Å²) in [5, 5.41) is 15.2. The fourth-order valence-corrected chi connectivity index (χ4v) is 2.59. The van der Waals surface area contributed by atoms with Crippen LogP contribution in [-0.2, 0) is 0 Å². The molecule has 1 amide bonds. The van der Waals surface area contributed by atoms with Crippen LogP contribution in [0.4, 0.5) is 0 Å². The third-order valence-corrected chi connectivity index (χ3v) is 3.79. The normalized spacial score (nSPS) is 11.2. The number of H-pyrrole nitrogens is 1. The smallest absolute Gasteiger partial charge is 0.275 e. The van der Waals surface area contributed by atoms with Gasteiger partial charge < -0.3 is 10.1 Å². The van der Waals surface area contributed by atoms with Crippen LogP contribution in [0.1, 0.15) is 15.9 Å². The maximum absolute atomic E-state index is 12.0. The average molecular weight is 348 g/mol. The number of aromatic amines is 1. The van der Waals surface area contributed by atoms with Gasteiger partial charge in [-0.05, 0) is 24.3 Å². The van der Waals surface area contributed by atoms with Gasteiger partial charge in [0.05, 0.1) is 11.8 Å². The number of hydrogen-bond donors (Lipinski definition) is 3. The highest BCUT2D eigenvalue weighted by atomic mass is 35.5. The van der Waals surface area contributed by atoms with E-state index in [9.17, 15) is 9.90 Å². The van der Waals surface area contributed by atoms with Crippen LogP contribution in [0.25, 0.3) is 10.9 Å². The van der Waals surface area contributed by atoms with Crippen molar-refractivity contribution in [1.82, 2.24) is 10.4 Å². The number of hydrazone groups is 1. The van der Waals surface area contributed by atoms with Gasteiger partial charge in [-0.25, -0.2) is 5.43 Å². The lowest BCUT2D eigenvalue weighted by Crippen LogP contribution is -2.17. The second-order valence-corrected chi connectivity index (χ2v) is 5.57. The Morgan fingerprint density at radius 2 is 2.00 bits per heavy atom. The molecule has 23 heavy (non-hydrogen) atoms. The Balaban J connectivity index is 1.82. The fourth-order valence-electron chi connectivity index (χ4n) is 2.16. The minimum Gasteiger partial charge on any atom is -0.507 e. The summed E-state index contributed by atoms with van der Waals surface area (Å²) >= 11 is 11.9. The van der Waals surface area contributed by atoms with E-state index in [4.69, 9.17) is 23.2 Å². The summed E-state index contributed by atoms with van der Waals surface area (Å²) in [4.78, 5) is 15.0. The van der Waals surface area contributed by atoms with Crippen molar-refractivity contribution < 1.29 is 9.90 Å². The largest absolute Gasteiger partial charge is 0.507 e. The SMILES string of the molecule is O=C(N/N=C\c1c(Cl)[nH]c2ccccc12)c1cc(Cl)ccc1O. The van der Waals surface area contributed by atoms with Crippen LogP contribution in [0.15, 0.2) is 47.6 Å². The number of nitrogens with zero attached hydrogens (tertiary/aromatic N) is 1. The molecule has 0 saturated heterocycles. The van der Waals surface area contributed by atoms with Crippen LogP contribution in [0.2, 0.25) is 10.2 Å². The van der Waals surface area contributed by atoms with Gasteiger partial charge in [0, 0.05) is 21.5 Å². The van der Waals surface area contributed by atoms with Crippen molar-refractivity contribution in [2.75, 3.05) is 0 Å². The number of phenolic OH excluding ortho intramolecular Hbond substituents is 1. The lowest BCUT2D eigenvalue weighted by atomic mass is 10.2. The highest BCUT2D eigenvalue weighted by molar-refractivity contribution is 6.34. The summed E-state index contributed by atoms with van der Waals surface area (Å²) in [6.45, 7) is 0. The number of aromatic hydroxyl groups is 1. The van der Waals surface area contributed by atoms with E-state index >= 15 is 0 Å². The number of nitrogens with one attached hydrogen (secondary N) is 2. The van der Waals surface area contributed by atoms with Gasteiger partial charge >= 0.3 is 0 Å². The third kappa shape index (κ3) is 3.16. The van der Waals surface area contributed by atoms with Crippen LogP contribution in [0.3, 0.4) is 0 Å². The Bertz CT molecular complexity index is 919. The Labute approximate surface area is 141 Å². The second kappa shape index (κ2) is 6.32. The van der Waals surface area contributed by atoms with E-state index in [0.29, 0.717) is 15.7 Å². The molecule has 0 aliphatic rings. The molecule has 0 saturated carbocycles. The van der Waals surface area contributed by atoms with E-state index in [0.717, 1.165) is 10.9 Å². The molecule has 0 bridgehead atoms. The van der Waals surface area contributed by atoms with Gasteiger partial charge in [0.1, 0.15) is 10.9 Å². The first-order valence-corrected chi connectivity index (χ1v) is 7.40. The molecule has 0 fully saturated rings. The van der Waals surface area contributed by atoms with E-state index in [1.54, 1.807) is 0 Å². The van der Waals surface area contributed by atoms with E-state index < -0.39 is 5.91 Å². The molecular weight excluding hydrogens is 337 g/mol. The van der Waals surface area contributed by atoms with Gasteiger partial charge in [-0.3, -0.25) is 4.79 Å². The molecule has 0 spiro atoms. The van der Waals surface area contributed by atoms with E-state index in [2.05, 4.69) is 15.5 Å². The lowest BCUT2D eigenvalue weighted by Gasteiger charge is -2.03. The van der Waals surface area contributed by atoms with Gasteiger partial charge in [0.15, 0.2) is 0 Å². The average Bonchev–Trinajstić information content (AvgIpc) is 2.85. The maximum Gasteiger partial charge on any atom is 0.275 e. The number of fused-ring (bicyclic) bond motifs is 1. The molecule has 3 rings (SSSR count). The fraction of sp³-hybridized carbons (Fsp3) is 0. The molecule has 2 aromatic carbocycles. The first kappa shape index (κ1) is 15.4. The zero-order chi connectivity index (χ0) is 16.4. The molecule has 0 radical (unpaired) electrons. The first-order valence-electron chi connectivity index (χ1n) is 6.64. The van der Waals surface area contributed by atoms with Crippen molar-refractivity contribution in [3.05, 3.63) is 63.8 Å². The predicted molar refractivity (Wildman–Crippen MR) is 91.5 cm³/mol. The number of para-hydroxylation sites is 1. The van der Waals surface area contributed by atoms with Gasteiger partial charge in [-0.15, -0.1) is 0 Å². The summed E-state index contributed by atoms with van der Waals surface area (Å²) in [7, 11) is 0. The summed E-state index contributed by atoms with van der Waals surface area (Å²) in [5.41, 5.74) is 3.92. The summed E-state index contributed by atoms with van der Waals surface area (Å²) in [6.07, 6.45) is 1.45. The predicted octanol–water partition coefficient (Wildman–Crippen LogP) is 3.94. The van der Waals surface area contributed by atoms with Crippen LogP contribution in [-0.4, -0.2) is 22.2 Å². The van der Waals surface area contributed by atoms with Gasteiger partial charge in [-0.2, -0.15) is 5.10 Å². The molecule has 3 aromatic rings. The van der Waals surface area contributed by atoms with Gasteiger partial charge in [0.2, 0.25) is 0 Å². The zero-order valence-electron chi connectivity index (χ0n) is 11.7. The second-order valence-electron chi connectivity index (χ2n) is 4.76. The van der Waals surface area contributed by atoms with Crippen LogP contribution >= 0.6 is 23.2 Å². The lowest BCUT2D eigenvalue weighted by molar-refractivity contribution is 0.0952. The van der Waals surface area contributed by atoms with E-state index in [1.807, 2.05) is 24.3 Å². The first-order chi connectivity index (χ1) is 11.1. The number of aromatic nitrogens is 1. The number of amides is 1. The van der Waals surface area contributed by atoms with E-state index in [1.165, 1.54) is 24.4 Å². The summed E-state index contributed by atoms with van der Waals surface area (Å²) < 4.78 is 0. The minimum atomic E-state index is -0.572. The number of carbonyl (C=O) groups is 1. The van der Waals surface area contributed by atoms with Crippen LogP contribution in [0, 0.1) is 0 Å². The van der Waals surface area contributed by atoms with Gasteiger partial charge in [-0.1, -0.05) is 41.4 Å². The van der Waals surface area contributed by atoms with Crippen molar-refractivity contribution in [3.63, 3.8) is 0 Å². The molecule has 5 nitrogen and oxygen atoms in total. The van der Waals surface area contributed by atoms with Crippen LogP contribution < -0.4 is 5.43 Å². The highest BCUT2D eigenvalue weighted by Crippen LogP contribution is 2.24. The van der Waals surface area contributed by atoms with E-state index in [-0.39, 0.29) is 11.3 Å². The standard InChI is InChI=1S/C16H11Cl2N3O2/c17-9-5-6-14(22)11(7-9)16(23)21-19-8-12-10-3-1-2-4-13(10)20-15(12)18/h1-8,20,22H,(H,21,23)/b19-8-. The van der Waals surface area contributed by atoms with Crippen molar-refractivity contribution in [1.29, 1.82) is 0 Å². The molecule has 0 aliphatic heterocycles. The number of rotatable bonds is 3. The Morgan fingerprint density at radius 3 is 2.83 bits per heavy atom. The van der Waals surface area contributed by atoms with Crippen LogP contribution in [0.5, 0.6) is 5.75 Å². The van der Waals surface area contributed by atoms with Crippen molar-refractivity contribution in [2.24, 2.45) is 5.10 Å². The molecule has 7 heteroatoms. The summed E-state index contributed by atoms with van der Waals surface area (Å²) in [5.74, 6) is -0.746. The Morgan fingerprint density at radius 1 is 1.22 bits per heavy atom. The number of benzene rings is 2. The molecule has 1 heterocycles. The van der Waals surface area contributed by atoms with Gasteiger partial charge in [0.25, 0.3) is 5.91 Å². The molecule has 1 aromatic heterocycles. The summed E-state index contributed by atoms with van der Waals surface area (Å²) in [6, 6.07) is 11.7. The number of halogens is 2. The number of phenols is 1. The minimum absolute atomic E-state index is 0.0414. The number of carbonyl (C=O) groups excluding carboxylic acids is 1. The molecule has 3 N–H and O–H groups in total. The number of hydrogen-bond acceptors (Lipinski definition) is 3. The molecule has 116 valence electrons. The Hall–Kier alpha value is -2.50. The quantitative estimate of drug-likeness (QED) is 0.495. The molecule has 0 atom stereocenters. The van der Waals surface area contributed by atoms with Crippen molar-refractivity contribution >= 4 is 46.2 Å². The Kier molecular flexibility index (Phi) is 4.23. The maximum atomic E-state index is 12.0. The molecule has 0 aliphatic carbocycles.